The summed E-state index contributed by atoms with van der Waals surface area (Å²) in [5.74, 6) is 2.74. The van der Waals surface area contributed by atoms with Gasteiger partial charge in [-0.2, -0.15) is 0 Å². The van der Waals surface area contributed by atoms with Crippen molar-refractivity contribution in [3.63, 3.8) is 0 Å². The van der Waals surface area contributed by atoms with Gasteiger partial charge < -0.3 is 9.47 Å². The fraction of sp³-hybridized carbons (Fsp3) is 0.556. The lowest BCUT2D eigenvalue weighted by atomic mass is 10.0. The molecule has 0 aromatic carbocycles. The van der Waals surface area contributed by atoms with Crippen molar-refractivity contribution in [3.8, 4) is 11.4 Å². The number of carbonyl (C=O) groups excluding carboxylic acids is 1. The van der Waals surface area contributed by atoms with Crippen molar-refractivity contribution < 1.29 is 4.79 Å². The monoisotopic (exact) mass is 325 g/mol. The molecule has 6 heteroatoms. The number of nitrogens with zero attached hydrogens (tertiary/aromatic N) is 5. The van der Waals surface area contributed by atoms with Crippen LogP contribution in [0.2, 0.25) is 0 Å². The van der Waals surface area contributed by atoms with Crippen LogP contribution >= 0.6 is 0 Å². The molecule has 2 aromatic heterocycles. The summed E-state index contributed by atoms with van der Waals surface area (Å²) in [4.78, 5) is 18.6. The van der Waals surface area contributed by atoms with Crippen LogP contribution in [0.1, 0.15) is 44.3 Å². The number of hydrogen-bond donors (Lipinski definition) is 0. The zero-order valence-corrected chi connectivity index (χ0v) is 13.9. The van der Waals surface area contributed by atoms with Crippen LogP contribution in [0.25, 0.3) is 11.4 Å². The van der Waals surface area contributed by atoms with Gasteiger partial charge in [0.05, 0.1) is 6.54 Å². The van der Waals surface area contributed by atoms with Crippen LogP contribution in [0, 0.1) is 5.92 Å². The Morgan fingerprint density at radius 1 is 1.21 bits per heavy atom. The molecule has 0 unspecified atom stereocenters. The van der Waals surface area contributed by atoms with Gasteiger partial charge in [-0.15, -0.1) is 10.2 Å². The van der Waals surface area contributed by atoms with Gasteiger partial charge in [0.2, 0.25) is 5.91 Å². The first kappa shape index (κ1) is 15.3. The minimum absolute atomic E-state index is 0.263. The summed E-state index contributed by atoms with van der Waals surface area (Å²) in [5.41, 5.74) is 0.970. The third-order valence-electron chi connectivity index (χ3n) is 5.27. The van der Waals surface area contributed by atoms with E-state index in [9.17, 15) is 4.79 Å². The Kier molecular flexibility index (Phi) is 4.28. The molecule has 0 spiro atoms. The van der Waals surface area contributed by atoms with Crippen LogP contribution in [0.15, 0.2) is 24.5 Å². The van der Waals surface area contributed by atoms with Crippen molar-refractivity contribution in [2.24, 2.45) is 5.92 Å². The number of rotatable bonds is 4. The summed E-state index contributed by atoms with van der Waals surface area (Å²) >= 11 is 0. The van der Waals surface area contributed by atoms with E-state index in [1.807, 2.05) is 17.0 Å². The third kappa shape index (κ3) is 3.05. The van der Waals surface area contributed by atoms with E-state index >= 15 is 0 Å². The maximum atomic E-state index is 12.5. The molecule has 2 aromatic rings. The van der Waals surface area contributed by atoms with Crippen LogP contribution in [0.4, 0.5) is 0 Å². The maximum Gasteiger partial charge on any atom is 0.223 e. The van der Waals surface area contributed by atoms with Gasteiger partial charge in [0.1, 0.15) is 0 Å². The predicted octanol–water partition coefficient (Wildman–Crippen LogP) is 2.65. The van der Waals surface area contributed by atoms with Gasteiger partial charge in [0, 0.05) is 37.5 Å². The smallest absolute Gasteiger partial charge is 0.223 e. The second-order valence-corrected chi connectivity index (χ2v) is 6.84. The first-order chi connectivity index (χ1) is 11.8. The van der Waals surface area contributed by atoms with Crippen LogP contribution in [0.5, 0.6) is 0 Å². The van der Waals surface area contributed by atoms with E-state index in [1.165, 1.54) is 25.7 Å². The highest BCUT2D eigenvalue weighted by Gasteiger charge is 2.25. The first-order valence-electron chi connectivity index (χ1n) is 8.91. The zero-order chi connectivity index (χ0) is 16.4. The van der Waals surface area contributed by atoms with Crippen molar-refractivity contribution in [1.29, 1.82) is 0 Å². The Labute approximate surface area is 141 Å². The van der Waals surface area contributed by atoms with Gasteiger partial charge in [-0.1, -0.05) is 25.7 Å². The summed E-state index contributed by atoms with van der Waals surface area (Å²) in [6, 6.07) is 3.89. The van der Waals surface area contributed by atoms with Crippen molar-refractivity contribution in [2.45, 2.75) is 51.6 Å². The van der Waals surface area contributed by atoms with Crippen molar-refractivity contribution >= 4 is 5.91 Å². The Hall–Kier alpha value is -2.24. The predicted molar refractivity (Wildman–Crippen MR) is 89.9 cm³/mol. The second-order valence-electron chi connectivity index (χ2n) is 6.84. The molecule has 1 amide bonds. The second kappa shape index (κ2) is 6.71. The average molecular weight is 325 g/mol. The van der Waals surface area contributed by atoms with E-state index in [0.29, 0.717) is 13.0 Å². The van der Waals surface area contributed by atoms with Crippen molar-refractivity contribution in [3.05, 3.63) is 30.4 Å². The summed E-state index contributed by atoms with van der Waals surface area (Å²) in [7, 11) is 0. The van der Waals surface area contributed by atoms with E-state index in [4.69, 9.17) is 0 Å². The number of carbonyl (C=O) groups is 1. The van der Waals surface area contributed by atoms with E-state index in [-0.39, 0.29) is 5.91 Å². The molecule has 1 aliphatic carbocycles. The normalized spacial score (nSPS) is 17.9. The third-order valence-corrected chi connectivity index (χ3v) is 5.27. The molecule has 4 rings (SSSR count). The fourth-order valence-electron chi connectivity index (χ4n) is 3.86. The lowest BCUT2D eigenvalue weighted by molar-refractivity contribution is -0.133. The largest absolute Gasteiger partial charge is 0.333 e. The standard InChI is InChI=1S/C18H23N5O/c24-17(8-7-14-4-1-2-5-14)22-10-11-23-16(13-22)20-21-18(23)15-6-3-9-19-12-15/h3,6,9,12,14H,1-2,4-5,7-8,10-11,13H2. The molecule has 1 fully saturated rings. The Bertz CT molecular complexity index is 705. The molecule has 6 nitrogen and oxygen atoms in total. The fourth-order valence-corrected chi connectivity index (χ4v) is 3.86. The molecular weight excluding hydrogens is 302 g/mol. The Morgan fingerprint density at radius 3 is 2.88 bits per heavy atom. The van der Waals surface area contributed by atoms with Gasteiger partial charge in [0.15, 0.2) is 11.6 Å². The molecule has 1 saturated carbocycles. The molecular formula is C18H23N5O. The highest BCUT2D eigenvalue weighted by molar-refractivity contribution is 5.76. The molecule has 0 saturated heterocycles. The van der Waals surface area contributed by atoms with Crippen LogP contribution in [0.3, 0.4) is 0 Å². The van der Waals surface area contributed by atoms with E-state index in [0.717, 1.165) is 42.6 Å². The van der Waals surface area contributed by atoms with Gasteiger partial charge in [0.25, 0.3) is 0 Å². The minimum atomic E-state index is 0.263. The summed E-state index contributed by atoms with van der Waals surface area (Å²) < 4.78 is 2.11. The molecule has 0 bridgehead atoms. The van der Waals surface area contributed by atoms with Crippen LogP contribution < -0.4 is 0 Å². The molecule has 0 atom stereocenters. The number of aromatic nitrogens is 4. The number of fused-ring (bicyclic) bond motifs is 1. The van der Waals surface area contributed by atoms with Crippen LogP contribution in [-0.2, 0) is 17.9 Å². The highest BCUT2D eigenvalue weighted by Crippen LogP contribution is 2.29. The van der Waals surface area contributed by atoms with Crippen LogP contribution in [-0.4, -0.2) is 37.1 Å². The molecule has 3 heterocycles. The lowest BCUT2D eigenvalue weighted by Gasteiger charge is -2.28. The quantitative estimate of drug-likeness (QED) is 0.867. The Balaban J connectivity index is 1.41. The maximum absolute atomic E-state index is 12.5. The highest BCUT2D eigenvalue weighted by atomic mass is 16.2. The summed E-state index contributed by atoms with van der Waals surface area (Å²) in [6.45, 7) is 2.06. The molecule has 1 aliphatic heterocycles. The lowest BCUT2D eigenvalue weighted by Crippen LogP contribution is -2.38. The zero-order valence-electron chi connectivity index (χ0n) is 13.9. The van der Waals surface area contributed by atoms with Gasteiger partial charge in [-0.05, 0) is 24.5 Å². The van der Waals surface area contributed by atoms with Gasteiger partial charge in [-0.25, -0.2) is 0 Å². The van der Waals surface area contributed by atoms with Crippen molar-refractivity contribution in [2.75, 3.05) is 6.54 Å². The topological polar surface area (TPSA) is 63.9 Å². The van der Waals surface area contributed by atoms with E-state index in [2.05, 4.69) is 19.7 Å². The first-order valence-corrected chi connectivity index (χ1v) is 8.91. The van der Waals surface area contributed by atoms with Crippen molar-refractivity contribution in [1.82, 2.24) is 24.6 Å². The number of hydrogen-bond acceptors (Lipinski definition) is 4. The number of pyridine rings is 1. The molecule has 126 valence electrons. The molecule has 0 N–H and O–H groups in total. The number of amides is 1. The van der Waals surface area contributed by atoms with E-state index < -0.39 is 0 Å². The van der Waals surface area contributed by atoms with Gasteiger partial charge in [-0.3, -0.25) is 9.78 Å². The molecule has 24 heavy (non-hydrogen) atoms. The van der Waals surface area contributed by atoms with Gasteiger partial charge >= 0.3 is 0 Å². The Morgan fingerprint density at radius 2 is 2.08 bits per heavy atom. The average Bonchev–Trinajstić information content (AvgIpc) is 3.29. The molecule has 0 radical (unpaired) electrons. The summed E-state index contributed by atoms with van der Waals surface area (Å²) in [6.07, 6.45) is 10.5. The SMILES string of the molecule is O=C(CCC1CCCC1)N1CCn2c(nnc2-c2cccnc2)C1. The summed E-state index contributed by atoms with van der Waals surface area (Å²) in [5, 5.41) is 8.60. The minimum Gasteiger partial charge on any atom is -0.333 e. The molecule has 2 aliphatic rings. The van der Waals surface area contributed by atoms with E-state index in [1.54, 1.807) is 12.4 Å².